The summed E-state index contributed by atoms with van der Waals surface area (Å²) in [6, 6.07) is 7.09. The second-order valence-corrected chi connectivity index (χ2v) is 8.13. The van der Waals surface area contributed by atoms with E-state index in [4.69, 9.17) is 4.74 Å². The molecule has 0 aliphatic carbocycles. The summed E-state index contributed by atoms with van der Waals surface area (Å²) in [6.07, 6.45) is 4.75. The number of aliphatic hydroxyl groups is 1. The van der Waals surface area contributed by atoms with Crippen LogP contribution in [-0.4, -0.2) is 56.2 Å². The van der Waals surface area contributed by atoms with E-state index in [9.17, 15) is 24.9 Å². The maximum absolute atomic E-state index is 12.1. The van der Waals surface area contributed by atoms with E-state index in [1.54, 1.807) is 23.9 Å². The first-order valence-corrected chi connectivity index (χ1v) is 10.4. The number of ether oxygens (including phenoxy) is 1. The number of benzene rings is 1. The Morgan fingerprint density at radius 1 is 1.25 bits per heavy atom. The number of β-lactam (4-membered cyclic amide) rings is 1. The maximum atomic E-state index is 12.1. The summed E-state index contributed by atoms with van der Waals surface area (Å²) >= 11 is 1.72. The number of phenolic OH excluding ortho intramolecular Hbond substituents is 1. The van der Waals surface area contributed by atoms with Crippen molar-refractivity contribution in [2.75, 3.05) is 12.4 Å². The molecule has 8 heteroatoms. The Balaban J connectivity index is 1.47. The van der Waals surface area contributed by atoms with E-state index in [-0.39, 0.29) is 36.9 Å². The second kappa shape index (κ2) is 8.87. The van der Waals surface area contributed by atoms with E-state index < -0.39 is 17.7 Å². The number of aromatic hydroxyl groups is 1. The van der Waals surface area contributed by atoms with Crippen molar-refractivity contribution in [3.05, 3.63) is 36.1 Å². The Bertz CT molecular complexity index is 750. The minimum Gasteiger partial charge on any atom is -0.508 e. The molecule has 0 saturated carbocycles. The summed E-state index contributed by atoms with van der Waals surface area (Å²) in [4.78, 5) is 26.5. The Morgan fingerprint density at radius 3 is 2.61 bits per heavy atom. The third-order valence-corrected chi connectivity index (χ3v) is 6.25. The van der Waals surface area contributed by atoms with Gasteiger partial charge in [-0.1, -0.05) is 19.3 Å². The Labute approximate surface area is 168 Å². The minimum absolute atomic E-state index is 0.182. The summed E-state index contributed by atoms with van der Waals surface area (Å²) in [5.74, 6) is 0.0522. The lowest BCUT2D eigenvalue weighted by Gasteiger charge is -2.40. The van der Waals surface area contributed by atoms with E-state index in [1.165, 1.54) is 11.0 Å². The highest BCUT2D eigenvalue weighted by molar-refractivity contribution is 7.99. The SMILES string of the molecule is O=C1C[C@H]2O/C(=C\CO)[C@](CCCCCCSc3ccc(O)cc3)(C(=O)O)N12. The molecular formula is C20H25NO6S. The van der Waals surface area contributed by atoms with Gasteiger partial charge in [0.05, 0.1) is 13.0 Å². The van der Waals surface area contributed by atoms with Crippen LogP contribution in [0.2, 0.25) is 0 Å². The molecule has 2 saturated heterocycles. The van der Waals surface area contributed by atoms with Gasteiger partial charge in [0.2, 0.25) is 11.4 Å². The van der Waals surface area contributed by atoms with Gasteiger partial charge in [-0.15, -0.1) is 11.8 Å². The molecule has 1 amide bonds. The van der Waals surface area contributed by atoms with E-state index >= 15 is 0 Å². The van der Waals surface area contributed by atoms with Crippen molar-refractivity contribution in [2.24, 2.45) is 0 Å². The largest absolute Gasteiger partial charge is 0.508 e. The number of hydrogen-bond donors (Lipinski definition) is 3. The Morgan fingerprint density at radius 2 is 1.96 bits per heavy atom. The van der Waals surface area contributed by atoms with Crippen LogP contribution in [0.25, 0.3) is 0 Å². The van der Waals surface area contributed by atoms with Gasteiger partial charge in [0, 0.05) is 4.90 Å². The molecular weight excluding hydrogens is 382 g/mol. The molecule has 1 aromatic carbocycles. The van der Waals surface area contributed by atoms with Gasteiger partial charge in [-0.3, -0.25) is 9.69 Å². The second-order valence-electron chi connectivity index (χ2n) is 6.96. The summed E-state index contributed by atoms with van der Waals surface area (Å²) in [6.45, 7) is -0.326. The number of hydrogen-bond acceptors (Lipinski definition) is 6. The van der Waals surface area contributed by atoms with Crippen LogP contribution in [-0.2, 0) is 14.3 Å². The molecule has 2 aliphatic rings. The van der Waals surface area contributed by atoms with E-state index in [2.05, 4.69) is 0 Å². The number of phenols is 1. The first-order valence-electron chi connectivity index (χ1n) is 9.44. The highest BCUT2D eigenvalue weighted by Gasteiger charge is 2.64. The number of carboxylic acids is 1. The number of thioether (sulfide) groups is 1. The molecule has 0 unspecified atom stereocenters. The van der Waals surface area contributed by atoms with E-state index in [1.807, 2.05) is 12.1 Å². The predicted molar refractivity (Wildman–Crippen MR) is 104 cm³/mol. The number of aliphatic hydroxyl groups excluding tert-OH is 1. The number of carbonyl (C=O) groups is 2. The van der Waals surface area contributed by atoms with Gasteiger partial charge in [-0.05, 0) is 48.9 Å². The molecule has 152 valence electrons. The van der Waals surface area contributed by atoms with Gasteiger partial charge in [0.1, 0.15) is 11.5 Å². The lowest BCUT2D eigenvalue weighted by atomic mass is 9.86. The molecule has 0 bridgehead atoms. The van der Waals surface area contributed by atoms with Crippen molar-refractivity contribution in [3.63, 3.8) is 0 Å². The fourth-order valence-electron chi connectivity index (χ4n) is 3.73. The van der Waals surface area contributed by atoms with Crippen molar-refractivity contribution < 1.29 is 29.6 Å². The molecule has 1 aromatic rings. The smallest absolute Gasteiger partial charge is 0.337 e. The number of fused-ring (bicyclic) bond motifs is 1. The summed E-state index contributed by atoms with van der Waals surface area (Å²) in [5, 5.41) is 28.4. The van der Waals surface area contributed by atoms with Gasteiger partial charge >= 0.3 is 5.97 Å². The van der Waals surface area contributed by atoms with E-state index in [0.717, 1.165) is 29.9 Å². The molecule has 3 rings (SSSR count). The van der Waals surface area contributed by atoms with Crippen LogP contribution in [0, 0.1) is 0 Å². The topological polar surface area (TPSA) is 107 Å². The van der Waals surface area contributed by atoms with Gasteiger partial charge in [0.25, 0.3) is 0 Å². The van der Waals surface area contributed by atoms with Crippen LogP contribution in [0.1, 0.15) is 38.5 Å². The van der Waals surface area contributed by atoms with Crippen molar-refractivity contribution >= 4 is 23.6 Å². The fourth-order valence-corrected chi connectivity index (χ4v) is 4.64. The third-order valence-electron chi connectivity index (χ3n) is 5.16. The van der Waals surface area contributed by atoms with Crippen LogP contribution in [0.4, 0.5) is 0 Å². The van der Waals surface area contributed by atoms with Crippen molar-refractivity contribution in [2.45, 2.75) is 55.2 Å². The molecule has 0 aromatic heterocycles. The predicted octanol–water partition coefficient (Wildman–Crippen LogP) is 2.72. The zero-order valence-corrected chi connectivity index (χ0v) is 16.4. The molecule has 3 N–H and O–H groups in total. The zero-order chi connectivity index (χ0) is 20.1. The summed E-state index contributed by atoms with van der Waals surface area (Å²) in [7, 11) is 0. The third kappa shape index (κ3) is 3.98. The molecule has 0 spiro atoms. The molecule has 2 aliphatic heterocycles. The first kappa shape index (κ1) is 20.5. The quantitative estimate of drug-likeness (QED) is 0.311. The van der Waals surface area contributed by atoms with Crippen LogP contribution >= 0.6 is 11.8 Å². The van der Waals surface area contributed by atoms with Crippen LogP contribution < -0.4 is 0 Å². The van der Waals surface area contributed by atoms with Crippen molar-refractivity contribution in [3.8, 4) is 5.75 Å². The summed E-state index contributed by atoms with van der Waals surface area (Å²) in [5.41, 5.74) is -1.48. The monoisotopic (exact) mass is 407 g/mol. The first-order chi connectivity index (χ1) is 13.5. The molecule has 2 atom stereocenters. The highest BCUT2D eigenvalue weighted by Crippen LogP contribution is 2.47. The van der Waals surface area contributed by atoms with Gasteiger partial charge < -0.3 is 20.1 Å². The molecule has 2 heterocycles. The van der Waals surface area contributed by atoms with Crippen LogP contribution in [0.5, 0.6) is 5.75 Å². The number of amides is 1. The molecule has 0 radical (unpaired) electrons. The normalized spacial score (nSPS) is 24.8. The molecule has 2 fully saturated rings. The Kier molecular flexibility index (Phi) is 6.51. The van der Waals surface area contributed by atoms with Gasteiger partial charge in [-0.2, -0.15) is 0 Å². The van der Waals surface area contributed by atoms with Crippen molar-refractivity contribution in [1.29, 1.82) is 0 Å². The lowest BCUT2D eigenvalue weighted by molar-refractivity contribution is -0.171. The number of aliphatic carboxylic acids is 1. The van der Waals surface area contributed by atoms with Crippen molar-refractivity contribution in [1.82, 2.24) is 4.90 Å². The summed E-state index contributed by atoms with van der Waals surface area (Å²) < 4.78 is 5.61. The number of nitrogens with zero attached hydrogens (tertiary/aromatic N) is 1. The highest BCUT2D eigenvalue weighted by atomic mass is 32.2. The molecule has 28 heavy (non-hydrogen) atoms. The number of unbranched alkanes of at least 4 members (excludes halogenated alkanes) is 3. The Hall–Kier alpha value is -2.19. The van der Waals surface area contributed by atoms with E-state index in [0.29, 0.717) is 6.42 Å². The standard InChI is InChI=1S/C20H25NO6S/c22-11-9-16-20(19(25)26,21-17(24)13-18(21)27-16)10-3-1-2-4-12-28-15-7-5-14(23)6-8-15/h5-9,18,22-23H,1-4,10-13H2,(H,25,26)/b16-9-/t18-,20-/m1/s1. The van der Waals surface area contributed by atoms with Gasteiger partial charge in [-0.25, -0.2) is 4.79 Å². The van der Waals surface area contributed by atoms with Crippen LogP contribution in [0.15, 0.2) is 41.0 Å². The molecule has 7 nitrogen and oxygen atoms in total. The maximum Gasteiger partial charge on any atom is 0.337 e. The number of rotatable bonds is 10. The average Bonchev–Trinajstić information content (AvgIpc) is 2.91. The zero-order valence-electron chi connectivity index (χ0n) is 15.5. The number of carboxylic acid groups (broad SMARTS) is 1. The van der Waals surface area contributed by atoms with Crippen LogP contribution in [0.3, 0.4) is 0 Å². The minimum atomic E-state index is -1.48. The number of carbonyl (C=O) groups excluding carboxylic acids is 1. The average molecular weight is 407 g/mol. The fraction of sp³-hybridized carbons (Fsp3) is 0.500. The lowest BCUT2D eigenvalue weighted by Crippen LogP contribution is -2.62. The van der Waals surface area contributed by atoms with Gasteiger partial charge in [0.15, 0.2) is 6.23 Å².